The summed E-state index contributed by atoms with van der Waals surface area (Å²) < 4.78 is 0. The minimum Gasteiger partial charge on any atom is -0.478 e. The smallest absolute Gasteiger partial charge is 0.338 e. The summed E-state index contributed by atoms with van der Waals surface area (Å²) in [5.41, 5.74) is 2.19. The van der Waals surface area contributed by atoms with Gasteiger partial charge >= 0.3 is 5.97 Å². The number of pyridine rings is 2. The lowest BCUT2D eigenvalue weighted by Crippen LogP contribution is -2.04. The molecule has 0 unspecified atom stereocenters. The van der Waals surface area contributed by atoms with E-state index in [-0.39, 0.29) is 5.56 Å². The number of nitrogens with zero attached hydrogens (tertiary/aromatic N) is 2. The lowest BCUT2D eigenvalue weighted by atomic mass is 10.0. The van der Waals surface area contributed by atoms with E-state index in [0.717, 1.165) is 5.56 Å². The molecule has 0 fully saturated rings. The summed E-state index contributed by atoms with van der Waals surface area (Å²) in [4.78, 5) is 19.2. The van der Waals surface area contributed by atoms with Crippen LogP contribution in [-0.4, -0.2) is 21.0 Å². The molecule has 0 aliphatic heterocycles. The standard InChI is InChI=1S/C12H10N2O2/c1-8-2-7-14-11(10(8)12(15)16)9-3-5-13-6-4-9/h2-7H,1H3,(H,15,16). The van der Waals surface area contributed by atoms with Gasteiger partial charge in [0.15, 0.2) is 0 Å². The van der Waals surface area contributed by atoms with Gasteiger partial charge in [-0.1, -0.05) is 0 Å². The minimum absolute atomic E-state index is 0.244. The molecule has 0 aliphatic carbocycles. The van der Waals surface area contributed by atoms with Gasteiger partial charge in [-0.3, -0.25) is 9.97 Å². The number of hydrogen-bond acceptors (Lipinski definition) is 3. The molecule has 0 amide bonds. The fourth-order valence-corrected chi connectivity index (χ4v) is 1.56. The number of hydrogen-bond donors (Lipinski definition) is 1. The van der Waals surface area contributed by atoms with Gasteiger partial charge in [-0.15, -0.1) is 0 Å². The summed E-state index contributed by atoms with van der Waals surface area (Å²) in [5, 5.41) is 9.15. The lowest BCUT2D eigenvalue weighted by Gasteiger charge is -2.07. The first-order valence-corrected chi connectivity index (χ1v) is 4.79. The van der Waals surface area contributed by atoms with Crippen LogP contribution in [0.2, 0.25) is 0 Å². The molecule has 2 rings (SSSR count). The van der Waals surface area contributed by atoms with Crippen LogP contribution in [0.4, 0.5) is 0 Å². The van der Waals surface area contributed by atoms with Gasteiger partial charge in [-0.2, -0.15) is 0 Å². The van der Waals surface area contributed by atoms with E-state index in [9.17, 15) is 4.79 Å². The van der Waals surface area contributed by atoms with Crippen LogP contribution in [0.15, 0.2) is 36.8 Å². The van der Waals surface area contributed by atoms with Crippen molar-refractivity contribution in [2.45, 2.75) is 6.92 Å². The predicted molar refractivity (Wildman–Crippen MR) is 59.2 cm³/mol. The summed E-state index contributed by atoms with van der Waals surface area (Å²) in [7, 11) is 0. The first-order valence-electron chi connectivity index (χ1n) is 4.79. The quantitative estimate of drug-likeness (QED) is 0.831. The normalized spacial score (nSPS) is 10.1. The van der Waals surface area contributed by atoms with E-state index in [2.05, 4.69) is 9.97 Å². The molecule has 0 aliphatic rings. The molecule has 0 radical (unpaired) electrons. The number of carbonyl (C=O) groups is 1. The Hall–Kier alpha value is -2.23. The summed E-state index contributed by atoms with van der Waals surface area (Å²) in [6, 6.07) is 5.18. The van der Waals surface area contributed by atoms with Gasteiger partial charge in [0.2, 0.25) is 0 Å². The van der Waals surface area contributed by atoms with Crippen molar-refractivity contribution in [1.29, 1.82) is 0 Å². The average Bonchev–Trinajstić information content (AvgIpc) is 2.29. The lowest BCUT2D eigenvalue weighted by molar-refractivity contribution is 0.0696. The zero-order valence-corrected chi connectivity index (χ0v) is 8.71. The van der Waals surface area contributed by atoms with E-state index < -0.39 is 5.97 Å². The highest BCUT2D eigenvalue weighted by Gasteiger charge is 2.15. The van der Waals surface area contributed by atoms with E-state index >= 15 is 0 Å². The van der Waals surface area contributed by atoms with Crippen LogP contribution >= 0.6 is 0 Å². The highest BCUT2D eigenvalue weighted by molar-refractivity contribution is 5.96. The van der Waals surface area contributed by atoms with E-state index in [4.69, 9.17) is 5.11 Å². The van der Waals surface area contributed by atoms with E-state index in [1.807, 2.05) is 0 Å². The highest BCUT2D eigenvalue weighted by atomic mass is 16.4. The average molecular weight is 214 g/mol. The number of aromatic nitrogens is 2. The van der Waals surface area contributed by atoms with Crippen molar-refractivity contribution < 1.29 is 9.90 Å². The van der Waals surface area contributed by atoms with E-state index in [0.29, 0.717) is 11.3 Å². The molecule has 0 saturated carbocycles. The topological polar surface area (TPSA) is 63.1 Å². The summed E-state index contributed by atoms with van der Waals surface area (Å²) in [6.45, 7) is 1.76. The fraction of sp³-hybridized carbons (Fsp3) is 0.0833. The number of carboxylic acids is 1. The SMILES string of the molecule is Cc1ccnc(-c2ccncc2)c1C(=O)O. The molecular formula is C12H10N2O2. The van der Waals surface area contributed by atoms with Crippen LogP contribution in [0.25, 0.3) is 11.3 Å². The second-order valence-electron chi connectivity index (χ2n) is 3.39. The van der Waals surface area contributed by atoms with Gasteiger partial charge < -0.3 is 5.11 Å². The third-order valence-corrected chi connectivity index (χ3v) is 2.33. The Morgan fingerprint density at radius 1 is 1.19 bits per heavy atom. The van der Waals surface area contributed by atoms with Gasteiger partial charge in [-0.25, -0.2) is 4.79 Å². The molecule has 0 atom stereocenters. The highest BCUT2D eigenvalue weighted by Crippen LogP contribution is 2.22. The second-order valence-corrected chi connectivity index (χ2v) is 3.39. The zero-order valence-electron chi connectivity index (χ0n) is 8.71. The van der Waals surface area contributed by atoms with E-state index in [1.54, 1.807) is 43.7 Å². The molecule has 0 spiro atoms. The van der Waals surface area contributed by atoms with Gasteiger partial charge in [0.1, 0.15) is 0 Å². The Morgan fingerprint density at radius 3 is 2.50 bits per heavy atom. The second kappa shape index (κ2) is 4.10. The third kappa shape index (κ3) is 1.77. The molecule has 2 aromatic rings. The van der Waals surface area contributed by atoms with Crippen molar-refractivity contribution in [2.75, 3.05) is 0 Å². The molecule has 0 aromatic carbocycles. The maximum absolute atomic E-state index is 11.2. The van der Waals surface area contributed by atoms with Crippen molar-refractivity contribution >= 4 is 5.97 Å². The Balaban J connectivity index is 2.66. The largest absolute Gasteiger partial charge is 0.478 e. The van der Waals surface area contributed by atoms with Crippen LogP contribution in [-0.2, 0) is 0 Å². The number of carboxylic acid groups (broad SMARTS) is 1. The van der Waals surface area contributed by atoms with E-state index in [1.165, 1.54) is 0 Å². The number of aromatic carboxylic acids is 1. The predicted octanol–water partition coefficient (Wildman–Crippen LogP) is 2.15. The first kappa shape index (κ1) is 10.3. The van der Waals surface area contributed by atoms with Crippen LogP contribution < -0.4 is 0 Å². The molecular weight excluding hydrogens is 204 g/mol. The summed E-state index contributed by atoms with van der Waals surface area (Å²) in [5.74, 6) is -0.961. The van der Waals surface area contributed by atoms with Crippen molar-refractivity contribution in [2.24, 2.45) is 0 Å². The monoisotopic (exact) mass is 214 g/mol. The Bertz CT molecular complexity index is 524. The van der Waals surface area contributed by atoms with Crippen LogP contribution in [0, 0.1) is 6.92 Å². The van der Waals surface area contributed by atoms with Gasteiger partial charge in [0.05, 0.1) is 11.3 Å². The van der Waals surface area contributed by atoms with Crippen LogP contribution in [0.5, 0.6) is 0 Å². The maximum Gasteiger partial charge on any atom is 0.338 e. The molecule has 4 heteroatoms. The molecule has 4 nitrogen and oxygen atoms in total. The molecule has 2 heterocycles. The van der Waals surface area contributed by atoms with Gasteiger partial charge in [0, 0.05) is 24.2 Å². The minimum atomic E-state index is -0.961. The van der Waals surface area contributed by atoms with Crippen LogP contribution in [0.3, 0.4) is 0 Å². The summed E-state index contributed by atoms with van der Waals surface area (Å²) >= 11 is 0. The van der Waals surface area contributed by atoms with Crippen molar-refractivity contribution in [3.05, 3.63) is 47.9 Å². The molecule has 1 N–H and O–H groups in total. The number of aryl methyl sites for hydroxylation is 1. The van der Waals surface area contributed by atoms with Crippen molar-refractivity contribution in [3.63, 3.8) is 0 Å². The molecule has 0 bridgehead atoms. The number of rotatable bonds is 2. The Kier molecular flexibility index (Phi) is 2.64. The fourth-order valence-electron chi connectivity index (χ4n) is 1.56. The van der Waals surface area contributed by atoms with Gasteiger partial charge in [0.25, 0.3) is 0 Å². The van der Waals surface area contributed by atoms with Crippen molar-refractivity contribution in [3.8, 4) is 11.3 Å². The molecule has 80 valence electrons. The zero-order chi connectivity index (χ0) is 11.5. The Labute approximate surface area is 92.6 Å². The molecule has 16 heavy (non-hydrogen) atoms. The molecule has 0 saturated heterocycles. The van der Waals surface area contributed by atoms with Gasteiger partial charge in [-0.05, 0) is 30.7 Å². The van der Waals surface area contributed by atoms with Crippen molar-refractivity contribution in [1.82, 2.24) is 9.97 Å². The first-order chi connectivity index (χ1) is 7.70. The van der Waals surface area contributed by atoms with Crippen LogP contribution in [0.1, 0.15) is 15.9 Å². The molecule has 2 aromatic heterocycles. The summed E-state index contributed by atoms with van der Waals surface area (Å²) in [6.07, 6.45) is 4.84. The third-order valence-electron chi connectivity index (χ3n) is 2.33. The Morgan fingerprint density at radius 2 is 1.88 bits per heavy atom. The maximum atomic E-state index is 11.2.